The molecule has 4 N–H and O–H groups in total. The van der Waals surface area contributed by atoms with Gasteiger partial charge in [0.25, 0.3) is 0 Å². The van der Waals surface area contributed by atoms with Gasteiger partial charge in [0.15, 0.2) is 0 Å². The highest BCUT2D eigenvalue weighted by Gasteiger charge is 2.36. The zero-order chi connectivity index (χ0) is 16.4. The van der Waals surface area contributed by atoms with E-state index in [0.717, 1.165) is 0 Å². The second kappa shape index (κ2) is 10.6. The molecule has 1 rings (SSSR count). The van der Waals surface area contributed by atoms with Crippen LogP contribution in [0, 0.1) is 0 Å². The first-order valence-electron chi connectivity index (χ1n) is 6.78. The highest BCUT2D eigenvalue weighted by molar-refractivity contribution is 5.72. The second-order valence-corrected chi connectivity index (χ2v) is 4.77. The predicted octanol–water partition coefficient (Wildman–Crippen LogP) is -0.872. The Morgan fingerprint density at radius 3 is 2.33 bits per heavy atom. The van der Waals surface area contributed by atoms with Crippen LogP contribution in [0.2, 0.25) is 0 Å². The Hall–Kier alpha value is -1.06. The van der Waals surface area contributed by atoms with E-state index in [0.29, 0.717) is 19.1 Å². The predicted molar refractivity (Wildman–Crippen MR) is 73.8 cm³/mol. The van der Waals surface area contributed by atoms with Gasteiger partial charge in [0, 0.05) is 0 Å². The summed E-state index contributed by atoms with van der Waals surface area (Å²) < 4.78 is 10.2. The van der Waals surface area contributed by atoms with E-state index in [1.165, 1.54) is 0 Å². The number of aliphatic hydroxyl groups excluding tert-OH is 2. The van der Waals surface area contributed by atoms with Crippen LogP contribution >= 0.6 is 0 Å². The first kappa shape index (κ1) is 19.9. The molecule has 0 amide bonds. The quantitative estimate of drug-likeness (QED) is 0.353. The minimum atomic E-state index is -0.817. The van der Waals surface area contributed by atoms with Gasteiger partial charge >= 0.3 is 5.97 Å². The van der Waals surface area contributed by atoms with Crippen LogP contribution in [0.4, 0.5) is 0 Å². The molecule has 0 saturated heterocycles. The molecule has 0 aromatic rings. The molecule has 1 aliphatic rings. The Balaban J connectivity index is 0.000000486. The number of carboxylic acid groups (broad SMARTS) is 1. The molecule has 0 bridgehead atoms. The number of carbonyl (C=O) groups excluding carboxylic acids is 1. The van der Waals surface area contributed by atoms with E-state index >= 15 is 0 Å². The van der Waals surface area contributed by atoms with Crippen molar-refractivity contribution < 1.29 is 34.4 Å². The first-order valence-corrected chi connectivity index (χ1v) is 6.78. The zero-order valence-corrected chi connectivity index (χ0v) is 12.6. The fourth-order valence-electron chi connectivity index (χ4n) is 1.77. The Bertz CT molecular complexity index is 313. The molecule has 124 valence electrons. The molecule has 21 heavy (non-hydrogen) atoms. The number of nitrogens with one attached hydrogen (secondary N) is 1. The third kappa shape index (κ3) is 7.49. The highest BCUT2D eigenvalue weighted by Crippen LogP contribution is 2.25. The molecule has 5 atom stereocenters. The number of carbonyl (C=O) groups is 2. The van der Waals surface area contributed by atoms with Gasteiger partial charge in [-0.15, -0.1) is 0 Å². The van der Waals surface area contributed by atoms with Crippen LogP contribution in [0.3, 0.4) is 0 Å². The van der Waals surface area contributed by atoms with Crippen LogP contribution in [0.1, 0.15) is 26.7 Å². The summed E-state index contributed by atoms with van der Waals surface area (Å²) in [6.07, 6.45) is -0.0581. The normalized spacial score (nSPS) is 27.4. The van der Waals surface area contributed by atoms with E-state index in [2.05, 4.69) is 5.32 Å². The monoisotopic (exact) mass is 307 g/mol. The zero-order valence-electron chi connectivity index (χ0n) is 12.6. The van der Waals surface area contributed by atoms with Crippen LogP contribution in [0.25, 0.3) is 0 Å². The van der Waals surface area contributed by atoms with Gasteiger partial charge in [0.2, 0.25) is 0 Å². The average molecular weight is 307 g/mol. The number of likely N-dealkylation sites (N-methyl/N-ethyl adjacent to an activating group) is 1. The van der Waals surface area contributed by atoms with Crippen molar-refractivity contribution >= 4 is 12.3 Å². The van der Waals surface area contributed by atoms with Crippen molar-refractivity contribution in [2.24, 2.45) is 0 Å². The number of hydrogen-bond acceptors (Lipinski definition) is 7. The maximum Gasteiger partial charge on any atom is 0.320 e. The standard InChI is InChI=1S/C9H16O5.C4H9NO2/c1-6(4-10)14-8-3-2-7(9(8)12)13-5-11;1-3(5-2)4(6)7/h4,6-9,11-12H,2-3,5H2,1H3;3,5H,1-2H3,(H,6,7)/t6?,7?,8-,9?;/m1./s1. The minimum Gasteiger partial charge on any atom is -0.480 e. The van der Waals surface area contributed by atoms with Crippen molar-refractivity contribution in [1.29, 1.82) is 0 Å². The van der Waals surface area contributed by atoms with E-state index < -0.39 is 31.0 Å². The van der Waals surface area contributed by atoms with Crippen LogP contribution in [-0.4, -0.2) is 71.9 Å². The molecule has 0 heterocycles. The molecule has 1 saturated carbocycles. The van der Waals surface area contributed by atoms with Gasteiger partial charge in [-0.3, -0.25) is 4.79 Å². The Labute approximate surface area is 124 Å². The highest BCUT2D eigenvalue weighted by atomic mass is 16.6. The molecule has 0 aromatic carbocycles. The van der Waals surface area contributed by atoms with Crippen LogP contribution < -0.4 is 5.32 Å². The summed E-state index contributed by atoms with van der Waals surface area (Å²) >= 11 is 0. The fourth-order valence-corrected chi connectivity index (χ4v) is 1.77. The van der Waals surface area contributed by atoms with Gasteiger partial charge in [-0.25, -0.2) is 0 Å². The summed E-state index contributed by atoms with van der Waals surface area (Å²) in [6, 6.07) is -0.431. The second-order valence-electron chi connectivity index (χ2n) is 4.77. The molecule has 4 unspecified atom stereocenters. The summed E-state index contributed by atoms with van der Waals surface area (Å²) in [7, 11) is 1.61. The lowest BCUT2D eigenvalue weighted by molar-refractivity contribution is -0.138. The average Bonchev–Trinajstić information content (AvgIpc) is 2.80. The maximum absolute atomic E-state index is 10.3. The molecule has 8 heteroatoms. The van der Waals surface area contributed by atoms with Gasteiger partial charge < -0.3 is 34.9 Å². The number of rotatable bonds is 7. The van der Waals surface area contributed by atoms with Crippen molar-refractivity contribution in [3.63, 3.8) is 0 Å². The number of aldehydes is 1. The lowest BCUT2D eigenvalue weighted by Crippen LogP contribution is -2.35. The van der Waals surface area contributed by atoms with Gasteiger partial charge in [-0.1, -0.05) is 0 Å². The summed E-state index contributed by atoms with van der Waals surface area (Å²) in [4.78, 5) is 20.2. The van der Waals surface area contributed by atoms with Gasteiger partial charge in [-0.2, -0.15) is 0 Å². The molecule has 1 aliphatic carbocycles. The van der Waals surface area contributed by atoms with Crippen molar-refractivity contribution in [1.82, 2.24) is 5.32 Å². The smallest absolute Gasteiger partial charge is 0.320 e. The van der Waals surface area contributed by atoms with Crippen LogP contribution in [0.5, 0.6) is 0 Å². The van der Waals surface area contributed by atoms with E-state index in [-0.39, 0.29) is 12.2 Å². The summed E-state index contributed by atoms with van der Waals surface area (Å²) in [5, 5.41) is 28.9. The third-order valence-corrected chi connectivity index (χ3v) is 3.17. The molecular weight excluding hydrogens is 282 g/mol. The Kier molecular flexibility index (Phi) is 10.1. The van der Waals surface area contributed by atoms with Crippen molar-refractivity contribution in [3.05, 3.63) is 0 Å². The van der Waals surface area contributed by atoms with Crippen molar-refractivity contribution in [2.75, 3.05) is 13.8 Å². The molecule has 8 nitrogen and oxygen atoms in total. The van der Waals surface area contributed by atoms with E-state index in [1.54, 1.807) is 20.9 Å². The summed E-state index contributed by atoms with van der Waals surface area (Å²) in [5.74, 6) is -0.817. The molecule has 0 radical (unpaired) electrons. The lowest BCUT2D eigenvalue weighted by Gasteiger charge is -2.20. The summed E-state index contributed by atoms with van der Waals surface area (Å²) in [6.45, 7) is 2.81. The largest absolute Gasteiger partial charge is 0.480 e. The van der Waals surface area contributed by atoms with Gasteiger partial charge in [-0.05, 0) is 33.7 Å². The van der Waals surface area contributed by atoms with Crippen molar-refractivity contribution in [3.8, 4) is 0 Å². The molecular formula is C13H25NO7. The maximum atomic E-state index is 10.3. The molecule has 0 spiro atoms. The SMILES string of the molecule is CC(C=O)O[C@@H]1CCC(OCO)C1O.CNC(C)C(=O)O. The summed E-state index contributed by atoms with van der Waals surface area (Å²) in [5.41, 5.74) is 0. The third-order valence-electron chi connectivity index (χ3n) is 3.17. The number of carboxylic acids is 1. The molecule has 0 aliphatic heterocycles. The topological polar surface area (TPSA) is 125 Å². The number of ether oxygens (including phenoxy) is 2. The Morgan fingerprint density at radius 2 is 1.95 bits per heavy atom. The first-order chi connectivity index (χ1) is 9.87. The number of aliphatic hydroxyl groups is 2. The lowest BCUT2D eigenvalue weighted by atomic mass is 10.2. The van der Waals surface area contributed by atoms with Crippen LogP contribution in [-0.2, 0) is 19.1 Å². The fraction of sp³-hybridized carbons (Fsp3) is 0.846. The van der Waals surface area contributed by atoms with Gasteiger partial charge in [0.1, 0.15) is 31.3 Å². The number of aliphatic carboxylic acids is 1. The molecule has 0 aromatic heterocycles. The minimum absolute atomic E-state index is 0.369. The van der Waals surface area contributed by atoms with Crippen LogP contribution in [0.15, 0.2) is 0 Å². The van der Waals surface area contributed by atoms with E-state index in [4.69, 9.17) is 19.7 Å². The Morgan fingerprint density at radius 1 is 1.38 bits per heavy atom. The van der Waals surface area contributed by atoms with E-state index in [1.807, 2.05) is 0 Å². The molecule has 1 fully saturated rings. The van der Waals surface area contributed by atoms with Crippen molar-refractivity contribution in [2.45, 2.75) is 57.1 Å². The van der Waals surface area contributed by atoms with E-state index in [9.17, 15) is 14.7 Å². The van der Waals surface area contributed by atoms with Gasteiger partial charge in [0.05, 0.1) is 12.2 Å². The number of hydrogen-bond donors (Lipinski definition) is 4.